The van der Waals surface area contributed by atoms with Gasteiger partial charge < -0.3 is 4.98 Å². The zero-order valence-electron chi connectivity index (χ0n) is 13.1. The van der Waals surface area contributed by atoms with Gasteiger partial charge in [0.25, 0.3) is 0 Å². The molecule has 0 bridgehead atoms. The van der Waals surface area contributed by atoms with Gasteiger partial charge in [0.1, 0.15) is 0 Å². The SMILES string of the molecule is CCCCCCCSCc1[nH]c2ccccc2c(=O)c1C. The van der Waals surface area contributed by atoms with Crippen molar-refractivity contribution in [2.24, 2.45) is 0 Å². The van der Waals surface area contributed by atoms with Crippen molar-refractivity contribution in [2.45, 2.75) is 51.7 Å². The number of aromatic amines is 1. The quantitative estimate of drug-likeness (QED) is 0.693. The number of hydrogen-bond donors (Lipinski definition) is 1. The number of unbranched alkanes of at least 4 members (excludes halogenated alkanes) is 4. The van der Waals surface area contributed by atoms with Crippen molar-refractivity contribution in [3.63, 3.8) is 0 Å². The Bertz CT molecular complexity index is 633. The van der Waals surface area contributed by atoms with E-state index in [1.165, 1.54) is 37.9 Å². The molecule has 2 rings (SSSR count). The number of H-pyrrole nitrogens is 1. The molecule has 0 atom stereocenters. The standard InChI is InChI=1S/C18H25NOS/c1-3-4-5-6-9-12-21-13-17-14(2)18(20)15-10-7-8-11-16(15)19-17/h7-8,10-11H,3-6,9,12-13H2,1-2H3,(H,19,20). The lowest BCUT2D eigenvalue weighted by atomic mass is 10.1. The van der Waals surface area contributed by atoms with E-state index < -0.39 is 0 Å². The molecule has 3 heteroatoms. The number of benzene rings is 1. The van der Waals surface area contributed by atoms with Crippen LogP contribution in [0.4, 0.5) is 0 Å². The third-order valence-corrected chi connectivity index (χ3v) is 4.96. The van der Waals surface area contributed by atoms with Gasteiger partial charge in [-0.05, 0) is 31.2 Å². The maximum absolute atomic E-state index is 12.3. The van der Waals surface area contributed by atoms with Crippen LogP contribution in [0.2, 0.25) is 0 Å². The minimum Gasteiger partial charge on any atom is -0.357 e. The highest BCUT2D eigenvalue weighted by molar-refractivity contribution is 7.98. The molecule has 0 fully saturated rings. The molecule has 1 N–H and O–H groups in total. The number of aromatic nitrogens is 1. The van der Waals surface area contributed by atoms with Crippen molar-refractivity contribution in [2.75, 3.05) is 5.75 Å². The molecule has 1 heterocycles. The second-order valence-electron chi connectivity index (χ2n) is 5.57. The number of para-hydroxylation sites is 1. The molecule has 0 aliphatic rings. The topological polar surface area (TPSA) is 32.9 Å². The molecule has 0 aliphatic heterocycles. The molecule has 114 valence electrons. The van der Waals surface area contributed by atoms with Crippen LogP contribution in [0.3, 0.4) is 0 Å². The summed E-state index contributed by atoms with van der Waals surface area (Å²) in [5.74, 6) is 2.08. The minimum atomic E-state index is 0.169. The Balaban J connectivity index is 1.93. The Kier molecular flexibility index (Phi) is 6.37. The highest BCUT2D eigenvalue weighted by atomic mass is 32.2. The largest absolute Gasteiger partial charge is 0.357 e. The monoisotopic (exact) mass is 303 g/mol. The molecule has 1 aromatic heterocycles. The first-order valence-corrected chi connectivity index (χ1v) is 9.07. The predicted octanol–water partition coefficient (Wildman–Crippen LogP) is 5.04. The number of fused-ring (bicyclic) bond motifs is 1. The van der Waals surface area contributed by atoms with Crippen molar-refractivity contribution in [1.29, 1.82) is 0 Å². The fraction of sp³-hybridized carbons (Fsp3) is 0.500. The summed E-state index contributed by atoms with van der Waals surface area (Å²) < 4.78 is 0. The molecule has 2 nitrogen and oxygen atoms in total. The summed E-state index contributed by atoms with van der Waals surface area (Å²) in [5.41, 5.74) is 3.07. The summed E-state index contributed by atoms with van der Waals surface area (Å²) in [7, 11) is 0. The maximum atomic E-state index is 12.3. The van der Waals surface area contributed by atoms with E-state index in [0.717, 1.165) is 27.9 Å². The molecule has 0 saturated carbocycles. The van der Waals surface area contributed by atoms with Crippen LogP contribution in [0, 0.1) is 6.92 Å². The van der Waals surface area contributed by atoms with E-state index in [-0.39, 0.29) is 5.43 Å². The normalized spacial score (nSPS) is 11.1. The van der Waals surface area contributed by atoms with Crippen LogP contribution in [0.5, 0.6) is 0 Å². The summed E-state index contributed by atoms with van der Waals surface area (Å²) in [5, 5.41) is 0.795. The minimum absolute atomic E-state index is 0.169. The van der Waals surface area contributed by atoms with E-state index in [1.807, 2.05) is 43.0 Å². The zero-order valence-corrected chi connectivity index (χ0v) is 13.9. The van der Waals surface area contributed by atoms with Gasteiger partial charge in [0, 0.05) is 27.9 Å². The lowest BCUT2D eigenvalue weighted by molar-refractivity contribution is 0.659. The van der Waals surface area contributed by atoms with Crippen molar-refractivity contribution in [3.8, 4) is 0 Å². The van der Waals surface area contributed by atoms with Crippen LogP contribution in [-0.2, 0) is 5.75 Å². The summed E-state index contributed by atoms with van der Waals surface area (Å²) in [6.07, 6.45) is 6.60. The van der Waals surface area contributed by atoms with Gasteiger partial charge in [-0.3, -0.25) is 4.79 Å². The van der Waals surface area contributed by atoms with E-state index in [9.17, 15) is 4.79 Å². The Morgan fingerprint density at radius 1 is 1.10 bits per heavy atom. The van der Waals surface area contributed by atoms with Crippen molar-refractivity contribution in [1.82, 2.24) is 4.98 Å². The van der Waals surface area contributed by atoms with Gasteiger partial charge in [-0.2, -0.15) is 11.8 Å². The van der Waals surface area contributed by atoms with E-state index in [1.54, 1.807) is 0 Å². The molecule has 0 unspecified atom stereocenters. The third-order valence-electron chi connectivity index (χ3n) is 3.89. The van der Waals surface area contributed by atoms with Gasteiger partial charge in [-0.15, -0.1) is 0 Å². The third kappa shape index (κ3) is 4.37. The number of pyridine rings is 1. The van der Waals surface area contributed by atoms with Crippen LogP contribution >= 0.6 is 11.8 Å². The van der Waals surface area contributed by atoms with Gasteiger partial charge in [0.2, 0.25) is 0 Å². The Labute approximate surface area is 131 Å². The van der Waals surface area contributed by atoms with Crippen molar-refractivity contribution >= 4 is 22.7 Å². The molecule has 1 aromatic carbocycles. The molecule has 0 saturated heterocycles. The van der Waals surface area contributed by atoms with Crippen molar-refractivity contribution in [3.05, 3.63) is 45.7 Å². The van der Waals surface area contributed by atoms with Crippen LogP contribution < -0.4 is 5.43 Å². The van der Waals surface area contributed by atoms with Gasteiger partial charge in [-0.1, -0.05) is 44.7 Å². The maximum Gasteiger partial charge on any atom is 0.192 e. The first kappa shape index (κ1) is 16.2. The first-order chi connectivity index (χ1) is 10.2. The van der Waals surface area contributed by atoms with Crippen LogP contribution in [-0.4, -0.2) is 10.7 Å². The second-order valence-corrected chi connectivity index (χ2v) is 6.68. The van der Waals surface area contributed by atoms with E-state index >= 15 is 0 Å². The fourth-order valence-electron chi connectivity index (χ4n) is 2.51. The fourth-order valence-corrected chi connectivity index (χ4v) is 3.56. The summed E-state index contributed by atoms with van der Waals surface area (Å²) in [4.78, 5) is 15.8. The number of hydrogen-bond acceptors (Lipinski definition) is 2. The molecule has 2 aromatic rings. The summed E-state index contributed by atoms with van der Waals surface area (Å²) >= 11 is 1.93. The van der Waals surface area contributed by atoms with Gasteiger partial charge >= 0.3 is 0 Å². The number of nitrogens with one attached hydrogen (secondary N) is 1. The van der Waals surface area contributed by atoms with E-state index in [4.69, 9.17) is 0 Å². The first-order valence-electron chi connectivity index (χ1n) is 7.92. The smallest absolute Gasteiger partial charge is 0.192 e. The number of thioether (sulfide) groups is 1. The number of rotatable bonds is 8. The van der Waals surface area contributed by atoms with Crippen LogP contribution in [0.25, 0.3) is 10.9 Å². The van der Waals surface area contributed by atoms with E-state index in [0.29, 0.717) is 0 Å². The molecule has 0 radical (unpaired) electrons. The zero-order chi connectivity index (χ0) is 15.1. The Hall–Kier alpha value is -1.22. The molecular weight excluding hydrogens is 278 g/mol. The predicted molar refractivity (Wildman–Crippen MR) is 94.2 cm³/mol. The molecule has 0 amide bonds. The lowest BCUT2D eigenvalue weighted by Gasteiger charge is -2.08. The molecular formula is C18H25NOS. The highest BCUT2D eigenvalue weighted by Gasteiger charge is 2.07. The van der Waals surface area contributed by atoms with E-state index in [2.05, 4.69) is 11.9 Å². The van der Waals surface area contributed by atoms with Crippen molar-refractivity contribution < 1.29 is 0 Å². The lowest BCUT2D eigenvalue weighted by Crippen LogP contribution is -2.11. The second kappa shape index (κ2) is 8.28. The van der Waals surface area contributed by atoms with Gasteiger partial charge in [0.05, 0.1) is 0 Å². The van der Waals surface area contributed by atoms with Crippen LogP contribution in [0.15, 0.2) is 29.1 Å². The van der Waals surface area contributed by atoms with Crippen LogP contribution in [0.1, 0.15) is 50.3 Å². The molecule has 0 aliphatic carbocycles. The highest BCUT2D eigenvalue weighted by Crippen LogP contribution is 2.17. The molecule has 21 heavy (non-hydrogen) atoms. The Morgan fingerprint density at radius 2 is 1.86 bits per heavy atom. The average molecular weight is 303 g/mol. The van der Waals surface area contributed by atoms with Gasteiger partial charge in [-0.25, -0.2) is 0 Å². The average Bonchev–Trinajstić information content (AvgIpc) is 2.51. The Morgan fingerprint density at radius 3 is 2.67 bits per heavy atom. The summed E-state index contributed by atoms with van der Waals surface area (Å²) in [6, 6.07) is 7.76. The summed E-state index contributed by atoms with van der Waals surface area (Å²) in [6.45, 7) is 4.18. The van der Waals surface area contributed by atoms with Gasteiger partial charge in [0.15, 0.2) is 5.43 Å². The molecule has 0 spiro atoms.